The Bertz CT molecular complexity index is 621. The van der Waals surface area contributed by atoms with Crippen molar-refractivity contribution in [3.8, 4) is 0 Å². The molecule has 1 aromatic rings. The summed E-state index contributed by atoms with van der Waals surface area (Å²) in [5.41, 5.74) is -0.0324. The van der Waals surface area contributed by atoms with E-state index in [9.17, 15) is 9.59 Å². The van der Waals surface area contributed by atoms with E-state index >= 15 is 0 Å². The average molecular weight is 307 g/mol. The summed E-state index contributed by atoms with van der Waals surface area (Å²) in [5, 5.41) is 14.1. The van der Waals surface area contributed by atoms with Crippen molar-refractivity contribution in [2.45, 2.75) is 32.6 Å². The molecule has 0 bridgehead atoms. The molecule has 22 heavy (non-hydrogen) atoms. The molecule has 1 atom stereocenters. The molecule has 0 spiro atoms. The maximum absolute atomic E-state index is 11.7. The number of ether oxygens (including phenoxy) is 2. The van der Waals surface area contributed by atoms with E-state index in [0.717, 1.165) is 6.26 Å². The second-order valence-electron chi connectivity index (χ2n) is 5.60. The molecule has 2 rings (SSSR count). The van der Waals surface area contributed by atoms with Crippen LogP contribution in [0.3, 0.4) is 0 Å². The Hall–Kier alpha value is -2.77. The molecule has 0 saturated heterocycles. The number of rotatable bonds is 3. The lowest BCUT2D eigenvalue weighted by Gasteiger charge is -2.19. The smallest absolute Gasteiger partial charge is 0.413 e. The minimum Gasteiger partial charge on any atom is -0.476 e. The number of carboxylic acid groups (broad SMARTS) is 1. The quantitative estimate of drug-likeness (QED) is 0.783. The van der Waals surface area contributed by atoms with Crippen LogP contribution in [0.15, 0.2) is 30.3 Å². The molecule has 0 aliphatic carbocycles. The lowest BCUT2D eigenvalue weighted by molar-refractivity contribution is -0.133. The summed E-state index contributed by atoms with van der Waals surface area (Å²) in [5.74, 6) is -0.829. The van der Waals surface area contributed by atoms with E-state index in [2.05, 4.69) is 15.6 Å². The van der Waals surface area contributed by atoms with Crippen LogP contribution in [0.5, 0.6) is 0 Å². The van der Waals surface area contributed by atoms with Crippen molar-refractivity contribution in [3.63, 3.8) is 0 Å². The number of aromatic nitrogens is 1. The van der Waals surface area contributed by atoms with Crippen molar-refractivity contribution in [1.29, 1.82) is 0 Å². The second kappa shape index (κ2) is 5.92. The molecular formula is C14H17N3O5. The van der Waals surface area contributed by atoms with Crippen molar-refractivity contribution in [2.75, 3.05) is 5.32 Å². The predicted molar refractivity (Wildman–Crippen MR) is 76.8 cm³/mol. The van der Waals surface area contributed by atoms with Crippen LogP contribution in [0.4, 0.5) is 10.6 Å². The van der Waals surface area contributed by atoms with Crippen molar-refractivity contribution < 1.29 is 24.2 Å². The van der Waals surface area contributed by atoms with Gasteiger partial charge in [0.15, 0.2) is 11.9 Å². The number of aliphatic carboxylic acids is 1. The van der Waals surface area contributed by atoms with Gasteiger partial charge in [0.2, 0.25) is 0 Å². The van der Waals surface area contributed by atoms with Gasteiger partial charge in [-0.25, -0.2) is 14.6 Å². The summed E-state index contributed by atoms with van der Waals surface area (Å²) >= 11 is 0. The highest BCUT2D eigenvalue weighted by Crippen LogP contribution is 2.23. The van der Waals surface area contributed by atoms with E-state index in [1.54, 1.807) is 32.9 Å². The maximum Gasteiger partial charge on any atom is 0.413 e. The van der Waals surface area contributed by atoms with Crippen molar-refractivity contribution in [3.05, 3.63) is 35.9 Å². The summed E-state index contributed by atoms with van der Waals surface area (Å²) in [6, 6.07) is 3.22. The summed E-state index contributed by atoms with van der Waals surface area (Å²) in [7, 11) is 0. The number of hydrogen-bond donors (Lipinski definition) is 3. The molecule has 2 heterocycles. The first-order chi connectivity index (χ1) is 10.2. The number of anilines is 1. The Morgan fingerprint density at radius 2 is 2.18 bits per heavy atom. The van der Waals surface area contributed by atoms with Crippen LogP contribution >= 0.6 is 0 Å². The molecule has 1 unspecified atom stereocenters. The van der Waals surface area contributed by atoms with Crippen LogP contribution in [0.2, 0.25) is 0 Å². The number of hydrogen-bond acceptors (Lipinski definition) is 6. The highest BCUT2D eigenvalue weighted by Gasteiger charge is 2.24. The first-order valence-corrected chi connectivity index (χ1v) is 6.56. The third-order valence-corrected chi connectivity index (χ3v) is 2.55. The molecule has 8 nitrogen and oxygen atoms in total. The van der Waals surface area contributed by atoms with Crippen LogP contribution in [0, 0.1) is 0 Å². The van der Waals surface area contributed by atoms with Gasteiger partial charge in [-0.1, -0.05) is 0 Å². The second-order valence-corrected chi connectivity index (χ2v) is 5.60. The Kier molecular flexibility index (Phi) is 4.20. The Morgan fingerprint density at radius 3 is 2.77 bits per heavy atom. The number of carbonyl (C=O) groups is 2. The molecule has 0 radical (unpaired) electrons. The highest BCUT2D eigenvalue weighted by molar-refractivity contribution is 5.86. The number of pyridine rings is 1. The molecule has 1 amide bonds. The van der Waals surface area contributed by atoms with E-state index in [-0.39, 0.29) is 11.5 Å². The molecule has 8 heteroatoms. The van der Waals surface area contributed by atoms with E-state index < -0.39 is 23.9 Å². The van der Waals surface area contributed by atoms with Gasteiger partial charge in [0.25, 0.3) is 0 Å². The van der Waals surface area contributed by atoms with Crippen molar-refractivity contribution in [1.82, 2.24) is 10.3 Å². The molecule has 1 aliphatic rings. The monoisotopic (exact) mass is 307 g/mol. The largest absolute Gasteiger partial charge is 0.476 e. The zero-order valence-corrected chi connectivity index (χ0v) is 12.4. The highest BCUT2D eigenvalue weighted by atomic mass is 16.6. The lowest BCUT2D eigenvalue weighted by atomic mass is 10.2. The topological polar surface area (TPSA) is 110 Å². The summed E-state index contributed by atoms with van der Waals surface area (Å²) in [6.07, 6.45) is 1.34. The molecule has 0 aromatic carbocycles. The van der Waals surface area contributed by atoms with Crippen molar-refractivity contribution in [2.24, 2.45) is 0 Å². The van der Waals surface area contributed by atoms with Crippen LogP contribution < -0.4 is 10.6 Å². The van der Waals surface area contributed by atoms with E-state index in [1.807, 2.05) is 0 Å². The Balaban J connectivity index is 2.02. The molecule has 3 N–H and O–H groups in total. The number of nitrogens with one attached hydrogen (secondary N) is 2. The Labute approximate surface area is 127 Å². The SMILES string of the molecule is CC(C)(C)OC(=O)Nc1cc(C2NC(C(=O)O)=CO2)ccn1. The minimum atomic E-state index is -1.11. The zero-order valence-electron chi connectivity index (χ0n) is 12.4. The number of carboxylic acids is 1. The van der Waals surface area contributed by atoms with Gasteiger partial charge < -0.3 is 19.9 Å². The molecule has 0 saturated carbocycles. The third-order valence-electron chi connectivity index (χ3n) is 2.55. The fourth-order valence-electron chi connectivity index (χ4n) is 1.71. The molecular weight excluding hydrogens is 290 g/mol. The van der Waals surface area contributed by atoms with Crippen LogP contribution in [-0.2, 0) is 14.3 Å². The number of nitrogens with zero attached hydrogens (tertiary/aromatic N) is 1. The normalized spacial score (nSPS) is 17.0. The standard InChI is InChI=1S/C14H17N3O5/c1-14(2,3)22-13(20)17-10-6-8(4-5-15-10)11-16-9(7-21-11)12(18)19/h4-7,11,16H,1-3H3,(H,18,19)(H,15,17,20). The Morgan fingerprint density at radius 1 is 1.45 bits per heavy atom. The lowest BCUT2D eigenvalue weighted by Crippen LogP contribution is -2.27. The number of carbonyl (C=O) groups excluding carboxylic acids is 1. The number of amides is 1. The van der Waals surface area contributed by atoms with Crippen molar-refractivity contribution >= 4 is 17.9 Å². The fraction of sp³-hybridized carbons (Fsp3) is 0.357. The van der Waals surface area contributed by atoms with E-state index in [4.69, 9.17) is 14.6 Å². The summed E-state index contributed by atoms with van der Waals surface area (Å²) < 4.78 is 10.4. The molecule has 1 aromatic heterocycles. The molecule has 118 valence electrons. The van der Waals surface area contributed by atoms with Gasteiger partial charge in [-0.05, 0) is 32.9 Å². The molecule has 0 fully saturated rings. The van der Waals surface area contributed by atoms with E-state index in [1.165, 1.54) is 6.20 Å². The van der Waals surface area contributed by atoms with Gasteiger partial charge in [0.05, 0.1) is 0 Å². The zero-order chi connectivity index (χ0) is 16.3. The average Bonchev–Trinajstić information content (AvgIpc) is 2.86. The fourth-order valence-corrected chi connectivity index (χ4v) is 1.71. The first-order valence-electron chi connectivity index (χ1n) is 6.56. The van der Waals surface area contributed by atoms with Gasteiger partial charge in [-0.15, -0.1) is 0 Å². The van der Waals surface area contributed by atoms with Gasteiger partial charge in [0.1, 0.15) is 17.7 Å². The van der Waals surface area contributed by atoms with Gasteiger partial charge in [0, 0.05) is 11.8 Å². The van der Waals surface area contributed by atoms with Crippen LogP contribution in [0.25, 0.3) is 0 Å². The predicted octanol–water partition coefficient (Wildman–Crippen LogP) is 1.97. The first kappa shape index (κ1) is 15.6. The maximum atomic E-state index is 11.7. The molecule has 1 aliphatic heterocycles. The summed E-state index contributed by atoms with van der Waals surface area (Å²) in [4.78, 5) is 26.5. The third kappa shape index (κ3) is 4.11. The van der Waals surface area contributed by atoms with E-state index in [0.29, 0.717) is 5.56 Å². The van der Waals surface area contributed by atoms with Gasteiger partial charge >= 0.3 is 12.1 Å². The van der Waals surface area contributed by atoms with Gasteiger partial charge in [-0.3, -0.25) is 5.32 Å². The van der Waals surface area contributed by atoms with Crippen LogP contribution in [-0.4, -0.2) is 27.8 Å². The van der Waals surface area contributed by atoms with Crippen LogP contribution in [0.1, 0.15) is 32.6 Å². The van der Waals surface area contributed by atoms with Gasteiger partial charge in [-0.2, -0.15) is 0 Å². The minimum absolute atomic E-state index is 0.0385. The summed E-state index contributed by atoms with van der Waals surface area (Å²) in [6.45, 7) is 5.27.